The van der Waals surface area contributed by atoms with Gasteiger partial charge in [0, 0.05) is 6.04 Å². The van der Waals surface area contributed by atoms with Crippen molar-refractivity contribution < 1.29 is 14.7 Å². The number of amides is 2. The highest BCUT2D eigenvalue weighted by Crippen LogP contribution is 2.24. The maximum absolute atomic E-state index is 11.6. The lowest BCUT2D eigenvalue weighted by Crippen LogP contribution is -2.49. The average Bonchev–Trinajstić information content (AvgIpc) is 2.63. The molecular formula is C12H22N2O3. The first-order valence-electron chi connectivity index (χ1n) is 6.34. The molecule has 0 aliphatic heterocycles. The van der Waals surface area contributed by atoms with E-state index in [4.69, 9.17) is 5.11 Å². The smallest absolute Gasteiger partial charge is 0.326 e. The molecule has 0 spiro atoms. The number of carboxylic acids is 1. The van der Waals surface area contributed by atoms with Crippen LogP contribution >= 0.6 is 0 Å². The van der Waals surface area contributed by atoms with E-state index in [-0.39, 0.29) is 12.1 Å². The second-order valence-electron chi connectivity index (χ2n) is 4.81. The van der Waals surface area contributed by atoms with Gasteiger partial charge in [-0.25, -0.2) is 9.59 Å². The number of nitrogens with one attached hydrogen (secondary N) is 2. The lowest BCUT2D eigenvalue weighted by Gasteiger charge is -2.20. The van der Waals surface area contributed by atoms with Gasteiger partial charge in [-0.1, -0.05) is 26.7 Å². The van der Waals surface area contributed by atoms with E-state index in [2.05, 4.69) is 17.6 Å². The zero-order chi connectivity index (χ0) is 12.8. The van der Waals surface area contributed by atoms with Gasteiger partial charge in [-0.05, 0) is 25.2 Å². The van der Waals surface area contributed by atoms with Gasteiger partial charge < -0.3 is 15.7 Å². The Bertz CT molecular complexity index is 281. The van der Waals surface area contributed by atoms with Crippen LogP contribution in [0.1, 0.15) is 46.0 Å². The zero-order valence-corrected chi connectivity index (χ0v) is 10.5. The van der Waals surface area contributed by atoms with Crippen LogP contribution in [0.25, 0.3) is 0 Å². The fraction of sp³-hybridized carbons (Fsp3) is 0.833. The van der Waals surface area contributed by atoms with Crippen molar-refractivity contribution in [1.82, 2.24) is 10.6 Å². The molecule has 1 rings (SSSR count). The van der Waals surface area contributed by atoms with Crippen LogP contribution in [-0.2, 0) is 4.79 Å². The number of urea groups is 1. The minimum absolute atomic E-state index is 0.186. The first kappa shape index (κ1) is 13.8. The standard InChI is InChI=1S/C12H22N2O3/c1-3-5-10(11(15)16)14-12(17)13-9-7-4-6-8(9)2/h8-10H,3-7H2,1-2H3,(H,15,16)(H2,13,14,17)/t8?,9?,10-/m0/s1. The molecule has 98 valence electrons. The van der Waals surface area contributed by atoms with E-state index in [9.17, 15) is 9.59 Å². The van der Waals surface area contributed by atoms with Crippen molar-refractivity contribution >= 4 is 12.0 Å². The van der Waals surface area contributed by atoms with Crippen molar-refractivity contribution in [1.29, 1.82) is 0 Å². The Morgan fingerprint density at radius 3 is 2.59 bits per heavy atom. The molecule has 0 radical (unpaired) electrons. The molecule has 1 fully saturated rings. The SMILES string of the molecule is CCC[C@H](NC(=O)NC1CCCC1C)C(=O)O. The number of hydrogen-bond donors (Lipinski definition) is 3. The minimum atomic E-state index is -0.971. The topological polar surface area (TPSA) is 78.4 Å². The Morgan fingerprint density at radius 1 is 1.41 bits per heavy atom. The zero-order valence-electron chi connectivity index (χ0n) is 10.5. The van der Waals surface area contributed by atoms with Gasteiger partial charge in [0.1, 0.15) is 6.04 Å². The largest absolute Gasteiger partial charge is 0.480 e. The molecule has 3 N–H and O–H groups in total. The van der Waals surface area contributed by atoms with Gasteiger partial charge in [-0.15, -0.1) is 0 Å². The highest BCUT2D eigenvalue weighted by atomic mass is 16.4. The summed E-state index contributed by atoms with van der Waals surface area (Å²) in [5.74, 6) is -0.489. The fourth-order valence-corrected chi connectivity index (χ4v) is 2.27. The minimum Gasteiger partial charge on any atom is -0.480 e. The molecule has 2 unspecified atom stereocenters. The molecule has 0 heterocycles. The molecule has 1 aliphatic carbocycles. The summed E-state index contributed by atoms with van der Waals surface area (Å²) in [6.45, 7) is 4.01. The first-order valence-corrected chi connectivity index (χ1v) is 6.34. The van der Waals surface area contributed by atoms with E-state index in [1.165, 1.54) is 0 Å². The van der Waals surface area contributed by atoms with Gasteiger partial charge in [0.15, 0.2) is 0 Å². The van der Waals surface area contributed by atoms with Crippen molar-refractivity contribution in [3.8, 4) is 0 Å². The van der Waals surface area contributed by atoms with Crippen LogP contribution in [-0.4, -0.2) is 29.2 Å². The Morgan fingerprint density at radius 2 is 2.12 bits per heavy atom. The van der Waals surface area contributed by atoms with Gasteiger partial charge in [-0.2, -0.15) is 0 Å². The van der Waals surface area contributed by atoms with Crippen molar-refractivity contribution in [3.63, 3.8) is 0 Å². The fourth-order valence-electron chi connectivity index (χ4n) is 2.27. The normalized spacial score (nSPS) is 25.3. The molecular weight excluding hydrogens is 220 g/mol. The maximum atomic E-state index is 11.6. The summed E-state index contributed by atoms with van der Waals surface area (Å²) < 4.78 is 0. The van der Waals surface area contributed by atoms with Crippen LogP contribution in [0, 0.1) is 5.92 Å². The maximum Gasteiger partial charge on any atom is 0.326 e. The second kappa shape index (κ2) is 6.47. The molecule has 0 aromatic rings. The van der Waals surface area contributed by atoms with Crippen LogP contribution in [0.2, 0.25) is 0 Å². The molecule has 17 heavy (non-hydrogen) atoms. The molecule has 1 saturated carbocycles. The Labute approximate surface area is 102 Å². The Kier molecular flexibility index (Phi) is 5.25. The monoisotopic (exact) mass is 242 g/mol. The molecule has 3 atom stereocenters. The third-order valence-corrected chi connectivity index (χ3v) is 3.36. The van der Waals surface area contributed by atoms with Gasteiger partial charge in [0.2, 0.25) is 0 Å². The average molecular weight is 242 g/mol. The summed E-state index contributed by atoms with van der Waals surface area (Å²) in [5, 5.41) is 14.3. The van der Waals surface area contributed by atoms with Crippen molar-refractivity contribution in [2.45, 2.75) is 58.0 Å². The summed E-state index contributed by atoms with van der Waals surface area (Å²) >= 11 is 0. The number of hydrogen-bond acceptors (Lipinski definition) is 2. The molecule has 0 saturated heterocycles. The molecule has 1 aliphatic rings. The molecule has 2 amide bonds. The van der Waals surface area contributed by atoms with Gasteiger partial charge >= 0.3 is 12.0 Å². The second-order valence-corrected chi connectivity index (χ2v) is 4.81. The summed E-state index contributed by atoms with van der Waals surface area (Å²) in [4.78, 5) is 22.5. The van der Waals surface area contributed by atoms with Crippen molar-refractivity contribution in [2.24, 2.45) is 5.92 Å². The highest BCUT2D eigenvalue weighted by Gasteiger charge is 2.26. The van der Waals surface area contributed by atoms with Crippen molar-refractivity contribution in [2.75, 3.05) is 0 Å². The summed E-state index contributed by atoms with van der Waals surface area (Å²) in [5.41, 5.74) is 0. The van der Waals surface area contributed by atoms with E-state index in [1.807, 2.05) is 6.92 Å². The Hall–Kier alpha value is -1.26. The first-order chi connectivity index (χ1) is 8.04. The van der Waals surface area contributed by atoms with E-state index in [1.54, 1.807) is 0 Å². The van der Waals surface area contributed by atoms with Crippen LogP contribution in [0.3, 0.4) is 0 Å². The number of carbonyl (C=O) groups is 2. The van der Waals surface area contributed by atoms with Gasteiger partial charge in [0.05, 0.1) is 0 Å². The number of carbonyl (C=O) groups excluding carboxylic acids is 1. The van der Waals surface area contributed by atoms with E-state index in [0.29, 0.717) is 12.3 Å². The lowest BCUT2D eigenvalue weighted by atomic mass is 10.1. The van der Waals surface area contributed by atoms with E-state index < -0.39 is 12.0 Å². The molecule has 0 aromatic heterocycles. The van der Waals surface area contributed by atoms with Gasteiger partial charge in [-0.3, -0.25) is 0 Å². The quantitative estimate of drug-likeness (QED) is 0.687. The van der Waals surface area contributed by atoms with Crippen molar-refractivity contribution in [3.05, 3.63) is 0 Å². The third-order valence-electron chi connectivity index (χ3n) is 3.36. The van der Waals surface area contributed by atoms with E-state index in [0.717, 1.165) is 25.7 Å². The predicted octanol–water partition coefficient (Wildman–Crippen LogP) is 1.73. The number of aliphatic carboxylic acids is 1. The van der Waals surface area contributed by atoms with Crippen LogP contribution in [0.4, 0.5) is 4.79 Å². The predicted molar refractivity (Wildman–Crippen MR) is 64.8 cm³/mol. The van der Waals surface area contributed by atoms with Crippen LogP contribution in [0.15, 0.2) is 0 Å². The summed E-state index contributed by atoms with van der Waals surface area (Å²) in [6.07, 6.45) is 4.44. The molecule has 5 heteroatoms. The molecule has 5 nitrogen and oxygen atoms in total. The van der Waals surface area contributed by atoms with Crippen LogP contribution < -0.4 is 10.6 Å². The lowest BCUT2D eigenvalue weighted by molar-refractivity contribution is -0.139. The Balaban J connectivity index is 2.39. The number of carboxylic acid groups (broad SMARTS) is 1. The van der Waals surface area contributed by atoms with Gasteiger partial charge in [0.25, 0.3) is 0 Å². The van der Waals surface area contributed by atoms with Crippen LogP contribution in [0.5, 0.6) is 0 Å². The molecule has 0 aromatic carbocycles. The highest BCUT2D eigenvalue weighted by molar-refractivity contribution is 5.82. The summed E-state index contributed by atoms with van der Waals surface area (Å²) in [6, 6.07) is -0.951. The molecule has 0 bridgehead atoms. The number of rotatable bonds is 5. The summed E-state index contributed by atoms with van der Waals surface area (Å²) in [7, 11) is 0. The van der Waals surface area contributed by atoms with E-state index >= 15 is 0 Å². The third kappa shape index (κ3) is 4.24.